The van der Waals surface area contributed by atoms with Crippen molar-refractivity contribution in [1.82, 2.24) is 5.32 Å². The summed E-state index contributed by atoms with van der Waals surface area (Å²) in [5.41, 5.74) is 0. The molecule has 1 aliphatic rings. The van der Waals surface area contributed by atoms with Gasteiger partial charge in [-0.3, -0.25) is 4.79 Å². The quantitative estimate of drug-likeness (QED) is 0.510. The van der Waals surface area contributed by atoms with Crippen molar-refractivity contribution in [2.75, 3.05) is 6.54 Å². The summed E-state index contributed by atoms with van der Waals surface area (Å²) < 4.78 is 0. The van der Waals surface area contributed by atoms with Gasteiger partial charge in [-0.05, 0) is 6.42 Å². The smallest absolute Gasteiger partial charge is 0.313 e. The highest BCUT2D eigenvalue weighted by atomic mass is 32.1. The van der Waals surface area contributed by atoms with E-state index in [9.17, 15) is 4.79 Å². The van der Waals surface area contributed by atoms with Gasteiger partial charge in [0, 0.05) is 6.54 Å². The number of hydrogen-bond acceptors (Lipinski definition) is 2. The molecule has 3 nitrogen and oxygen atoms in total. The van der Waals surface area contributed by atoms with E-state index in [1.54, 1.807) is 0 Å². The Morgan fingerprint density at radius 1 is 1.89 bits per heavy atom. The summed E-state index contributed by atoms with van der Waals surface area (Å²) in [4.78, 5) is 10.8. The molecule has 0 aliphatic carbocycles. The summed E-state index contributed by atoms with van der Waals surface area (Å²) >= 11 is 4.72. The van der Waals surface area contributed by atoms with E-state index < -0.39 is 11.9 Å². The number of hydrogen-bond donors (Lipinski definition) is 2. The highest BCUT2D eigenvalue weighted by Gasteiger charge is 2.26. The second-order valence-corrected chi connectivity index (χ2v) is 2.41. The van der Waals surface area contributed by atoms with E-state index >= 15 is 0 Å². The van der Waals surface area contributed by atoms with Crippen molar-refractivity contribution in [2.45, 2.75) is 6.42 Å². The number of nitrogens with one attached hydrogen (secondary N) is 1. The summed E-state index contributed by atoms with van der Waals surface area (Å²) in [6.07, 6.45) is 0.633. The third-order valence-electron chi connectivity index (χ3n) is 1.35. The molecular formula is C5H7NO2S. The van der Waals surface area contributed by atoms with Crippen molar-refractivity contribution in [3.8, 4) is 0 Å². The summed E-state index contributed by atoms with van der Waals surface area (Å²) in [5, 5.41) is 11.3. The van der Waals surface area contributed by atoms with Crippen LogP contribution >= 0.6 is 12.2 Å². The van der Waals surface area contributed by atoms with Gasteiger partial charge in [0.2, 0.25) is 0 Å². The number of aliphatic carboxylic acids is 1. The Morgan fingerprint density at radius 2 is 2.56 bits per heavy atom. The second kappa shape index (κ2) is 2.31. The molecule has 4 heteroatoms. The van der Waals surface area contributed by atoms with Gasteiger partial charge < -0.3 is 10.4 Å². The Bertz CT molecular complexity index is 157. The molecule has 0 aromatic carbocycles. The van der Waals surface area contributed by atoms with Gasteiger partial charge in [-0.25, -0.2) is 0 Å². The molecule has 2 N–H and O–H groups in total. The van der Waals surface area contributed by atoms with Crippen molar-refractivity contribution in [1.29, 1.82) is 0 Å². The van der Waals surface area contributed by atoms with E-state index in [1.165, 1.54) is 0 Å². The Hall–Kier alpha value is -0.640. The molecule has 9 heavy (non-hydrogen) atoms. The molecule has 0 amide bonds. The van der Waals surface area contributed by atoms with E-state index in [0.29, 0.717) is 18.0 Å². The second-order valence-electron chi connectivity index (χ2n) is 1.97. The van der Waals surface area contributed by atoms with Gasteiger partial charge >= 0.3 is 5.97 Å². The summed E-state index contributed by atoms with van der Waals surface area (Å²) in [5.74, 6) is -1.25. The number of thiocarbonyl (C=S) groups is 1. The third kappa shape index (κ3) is 1.18. The summed E-state index contributed by atoms with van der Waals surface area (Å²) in [6.45, 7) is 0.704. The predicted molar refractivity (Wildman–Crippen MR) is 36.3 cm³/mol. The van der Waals surface area contributed by atoms with E-state index in [1.807, 2.05) is 0 Å². The van der Waals surface area contributed by atoms with Crippen LogP contribution in [-0.2, 0) is 4.79 Å². The highest BCUT2D eigenvalue weighted by Crippen LogP contribution is 2.09. The fourth-order valence-corrected chi connectivity index (χ4v) is 1.15. The first-order chi connectivity index (χ1) is 4.22. The minimum absolute atomic E-state index is 0.431. The third-order valence-corrected chi connectivity index (χ3v) is 1.78. The molecule has 1 unspecified atom stereocenters. The van der Waals surface area contributed by atoms with Crippen LogP contribution in [0.1, 0.15) is 6.42 Å². The lowest BCUT2D eigenvalue weighted by atomic mass is 10.1. The largest absolute Gasteiger partial charge is 0.481 e. The van der Waals surface area contributed by atoms with Gasteiger partial charge in [-0.15, -0.1) is 0 Å². The molecule has 50 valence electrons. The zero-order valence-corrected chi connectivity index (χ0v) is 5.57. The maximum absolute atomic E-state index is 10.3. The van der Waals surface area contributed by atoms with Crippen molar-refractivity contribution in [2.24, 2.45) is 5.92 Å². The van der Waals surface area contributed by atoms with Crippen molar-refractivity contribution in [3.63, 3.8) is 0 Å². The molecule has 0 aromatic rings. The van der Waals surface area contributed by atoms with Crippen molar-refractivity contribution >= 4 is 23.2 Å². The van der Waals surface area contributed by atoms with Crippen LogP contribution in [0, 0.1) is 5.92 Å². The van der Waals surface area contributed by atoms with Gasteiger partial charge in [-0.2, -0.15) is 0 Å². The van der Waals surface area contributed by atoms with Crippen LogP contribution in [0.3, 0.4) is 0 Å². The molecule has 0 bridgehead atoms. The summed E-state index contributed by atoms with van der Waals surface area (Å²) in [7, 11) is 0. The van der Waals surface area contributed by atoms with Gasteiger partial charge in [0.1, 0.15) is 5.92 Å². The number of carbonyl (C=O) groups is 1. The Balaban J connectivity index is 2.60. The van der Waals surface area contributed by atoms with Crippen molar-refractivity contribution in [3.05, 3.63) is 0 Å². The maximum atomic E-state index is 10.3. The average Bonchev–Trinajstić information content (AvgIpc) is 2.13. The fraction of sp³-hybridized carbons (Fsp3) is 0.600. The minimum Gasteiger partial charge on any atom is -0.481 e. The van der Waals surface area contributed by atoms with Gasteiger partial charge in [0.15, 0.2) is 0 Å². The average molecular weight is 145 g/mol. The monoisotopic (exact) mass is 145 g/mol. The van der Waals surface area contributed by atoms with Crippen LogP contribution in [0.2, 0.25) is 0 Å². The predicted octanol–water partition coefficient (Wildman–Crippen LogP) is 0.00790. The van der Waals surface area contributed by atoms with Crippen LogP contribution < -0.4 is 5.32 Å². The van der Waals surface area contributed by atoms with E-state index in [2.05, 4.69) is 5.32 Å². The standard InChI is InChI=1S/C5H7NO2S/c7-5(8)3-1-2-6-4(3)9/h3H,1-2H2,(H,6,9)(H,7,8). The molecular weight excluding hydrogens is 138 g/mol. The Labute approximate surface area is 58.1 Å². The molecule has 1 atom stereocenters. The topological polar surface area (TPSA) is 49.3 Å². The summed E-state index contributed by atoms with van der Waals surface area (Å²) in [6, 6.07) is 0. The molecule has 0 radical (unpaired) electrons. The molecule has 1 rings (SSSR count). The molecule has 0 saturated carbocycles. The van der Waals surface area contributed by atoms with E-state index in [4.69, 9.17) is 17.3 Å². The Kier molecular flexibility index (Phi) is 1.66. The van der Waals surface area contributed by atoms with Crippen LogP contribution in [0.25, 0.3) is 0 Å². The van der Waals surface area contributed by atoms with Crippen LogP contribution in [0.15, 0.2) is 0 Å². The zero-order valence-electron chi connectivity index (χ0n) is 4.76. The van der Waals surface area contributed by atoms with E-state index in [-0.39, 0.29) is 0 Å². The van der Waals surface area contributed by atoms with E-state index in [0.717, 1.165) is 0 Å². The van der Waals surface area contributed by atoms with Gasteiger partial charge in [0.05, 0.1) is 4.99 Å². The van der Waals surface area contributed by atoms with Gasteiger partial charge in [0.25, 0.3) is 0 Å². The first kappa shape index (κ1) is 6.48. The van der Waals surface area contributed by atoms with Crippen LogP contribution in [0.4, 0.5) is 0 Å². The SMILES string of the molecule is O=C(O)C1CCNC1=S. The number of rotatable bonds is 1. The zero-order chi connectivity index (χ0) is 6.85. The Morgan fingerprint density at radius 3 is 2.78 bits per heavy atom. The number of carboxylic acids is 1. The first-order valence-corrected chi connectivity index (χ1v) is 3.13. The minimum atomic E-state index is -0.815. The fourth-order valence-electron chi connectivity index (χ4n) is 0.830. The van der Waals surface area contributed by atoms with Crippen molar-refractivity contribution < 1.29 is 9.90 Å². The first-order valence-electron chi connectivity index (χ1n) is 2.72. The molecule has 1 heterocycles. The maximum Gasteiger partial charge on any atom is 0.313 e. The lowest BCUT2D eigenvalue weighted by Gasteiger charge is -1.98. The molecule has 0 aromatic heterocycles. The normalized spacial score (nSPS) is 25.8. The van der Waals surface area contributed by atoms with Crippen LogP contribution in [0.5, 0.6) is 0 Å². The van der Waals surface area contributed by atoms with Crippen LogP contribution in [-0.4, -0.2) is 22.6 Å². The lowest BCUT2D eigenvalue weighted by Crippen LogP contribution is -2.22. The molecule has 0 spiro atoms. The van der Waals surface area contributed by atoms with Gasteiger partial charge in [-0.1, -0.05) is 12.2 Å². The molecule has 1 fully saturated rings. The number of carboxylic acid groups (broad SMARTS) is 1. The lowest BCUT2D eigenvalue weighted by molar-refractivity contribution is -0.139. The molecule has 1 saturated heterocycles. The highest BCUT2D eigenvalue weighted by molar-refractivity contribution is 7.80. The molecule has 1 aliphatic heterocycles.